The van der Waals surface area contributed by atoms with Gasteiger partial charge < -0.3 is 15.2 Å². The minimum absolute atomic E-state index is 0.101. The Morgan fingerprint density at radius 2 is 1.85 bits per heavy atom. The van der Waals surface area contributed by atoms with Gasteiger partial charge in [0.2, 0.25) is 0 Å². The summed E-state index contributed by atoms with van der Waals surface area (Å²) in [7, 11) is 0. The Bertz CT molecular complexity index is 803. The lowest BCUT2D eigenvalue weighted by molar-refractivity contribution is -0.146. The highest BCUT2D eigenvalue weighted by Crippen LogP contribution is 2.30. The van der Waals surface area contributed by atoms with Crippen LogP contribution in [-0.2, 0) is 20.5 Å². The molecule has 1 amide bonds. The van der Waals surface area contributed by atoms with Gasteiger partial charge in [0.1, 0.15) is 5.75 Å². The SMILES string of the molecule is CC(C)(C)c1ccccc1OCC(=O)Nc1cnn(C(C)(C)C(=O)O)c1. The monoisotopic (exact) mass is 359 g/mol. The molecule has 0 aliphatic rings. The molecule has 140 valence electrons. The number of hydrogen-bond acceptors (Lipinski definition) is 4. The fourth-order valence-corrected chi connectivity index (χ4v) is 2.34. The molecule has 0 aliphatic heterocycles. The Balaban J connectivity index is 2.01. The van der Waals surface area contributed by atoms with Crippen LogP contribution in [0.4, 0.5) is 5.69 Å². The lowest BCUT2D eigenvalue weighted by Crippen LogP contribution is -2.35. The molecule has 0 atom stereocenters. The molecule has 0 bridgehead atoms. The van der Waals surface area contributed by atoms with Crippen LogP contribution in [0.25, 0.3) is 0 Å². The number of anilines is 1. The van der Waals surface area contributed by atoms with Crippen LogP contribution < -0.4 is 10.1 Å². The Kier molecular flexibility index (Phi) is 5.39. The van der Waals surface area contributed by atoms with E-state index in [1.54, 1.807) is 0 Å². The number of amides is 1. The van der Waals surface area contributed by atoms with Crippen LogP contribution in [0, 0.1) is 0 Å². The summed E-state index contributed by atoms with van der Waals surface area (Å²) >= 11 is 0. The van der Waals surface area contributed by atoms with E-state index in [0.29, 0.717) is 11.4 Å². The Morgan fingerprint density at radius 3 is 2.46 bits per heavy atom. The molecule has 1 heterocycles. The van der Waals surface area contributed by atoms with Gasteiger partial charge in [-0.05, 0) is 30.9 Å². The van der Waals surface area contributed by atoms with Crippen LogP contribution in [0.1, 0.15) is 40.2 Å². The molecule has 0 radical (unpaired) electrons. The van der Waals surface area contributed by atoms with Gasteiger partial charge in [-0.25, -0.2) is 4.79 Å². The van der Waals surface area contributed by atoms with Crippen molar-refractivity contribution >= 4 is 17.6 Å². The molecule has 0 saturated heterocycles. The number of ether oxygens (including phenoxy) is 1. The molecule has 0 spiro atoms. The molecule has 1 aromatic carbocycles. The van der Waals surface area contributed by atoms with E-state index in [9.17, 15) is 14.7 Å². The smallest absolute Gasteiger partial charge is 0.331 e. The number of carboxylic acids is 1. The van der Waals surface area contributed by atoms with Gasteiger partial charge in [-0.2, -0.15) is 5.10 Å². The summed E-state index contributed by atoms with van der Waals surface area (Å²) in [4.78, 5) is 23.4. The maximum atomic E-state index is 12.2. The van der Waals surface area contributed by atoms with E-state index in [1.165, 1.54) is 30.9 Å². The molecule has 0 saturated carbocycles. The van der Waals surface area contributed by atoms with Crippen molar-refractivity contribution in [2.75, 3.05) is 11.9 Å². The number of carboxylic acid groups (broad SMARTS) is 1. The average Bonchev–Trinajstić information content (AvgIpc) is 3.01. The van der Waals surface area contributed by atoms with Crippen molar-refractivity contribution in [1.29, 1.82) is 0 Å². The van der Waals surface area contributed by atoms with Crippen molar-refractivity contribution in [3.8, 4) is 5.75 Å². The fourth-order valence-electron chi connectivity index (χ4n) is 2.34. The number of para-hydroxylation sites is 1. The zero-order valence-corrected chi connectivity index (χ0v) is 15.7. The van der Waals surface area contributed by atoms with Crippen molar-refractivity contribution in [2.45, 2.75) is 45.6 Å². The summed E-state index contributed by atoms with van der Waals surface area (Å²) in [6.07, 6.45) is 2.89. The van der Waals surface area contributed by atoms with E-state index in [4.69, 9.17) is 4.74 Å². The van der Waals surface area contributed by atoms with Gasteiger partial charge in [0.05, 0.1) is 11.9 Å². The summed E-state index contributed by atoms with van der Waals surface area (Å²) in [6.45, 7) is 9.14. The Labute approximate surface area is 153 Å². The molecule has 0 fully saturated rings. The second-order valence-electron chi connectivity index (χ2n) is 7.62. The topological polar surface area (TPSA) is 93.5 Å². The van der Waals surface area contributed by atoms with Crippen molar-refractivity contribution in [2.24, 2.45) is 0 Å². The second-order valence-corrected chi connectivity index (χ2v) is 7.62. The van der Waals surface area contributed by atoms with Gasteiger partial charge in [-0.15, -0.1) is 0 Å². The number of carbonyl (C=O) groups excluding carboxylic acids is 1. The highest BCUT2D eigenvalue weighted by molar-refractivity contribution is 5.91. The molecule has 7 nitrogen and oxygen atoms in total. The van der Waals surface area contributed by atoms with E-state index >= 15 is 0 Å². The zero-order chi connectivity index (χ0) is 19.5. The summed E-state index contributed by atoms with van der Waals surface area (Å²) in [5, 5.41) is 15.9. The average molecular weight is 359 g/mol. The number of aromatic nitrogens is 2. The summed E-state index contributed by atoms with van der Waals surface area (Å²) in [6, 6.07) is 7.61. The number of hydrogen-bond donors (Lipinski definition) is 2. The molecule has 1 aromatic heterocycles. The van der Waals surface area contributed by atoms with E-state index in [2.05, 4.69) is 31.2 Å². The van der Waals surface area contributed by atoms with Gasteiger partial charge in [-0.3, -0.25) is 9.48 Å². The maximum absolute atomic E-state index is 12.2. The predicted molar refractivity (Wildman–Crippen MR) is 98.5 cm³/mol. The first-order chi connectivity index (χ1) is 12.0. The van der Waals surface area contributed by atoms with E-state index in [0.717, 1.165) is 5.56 Å². The van der Waals surface area contributed by atoms with Crippen LogP contribution in [0.2, 0.25) is 0 Å². The minimum atomic E-state index is -1.20. The van der Waals surface area contributed by atoms with Crippen molar-refractivity contribution in [3.05, 3.63) is 42.2 Å². The van der Waals surface area contributed by atoms with Crippen molar-refractivity contribution < 1.29 is 19.4 Å². The molecular formula is C19H25N3O4. The molecule has 2 rings (SSSR count). The van der Waals surface area contributed by atoms with Crippen LogP contribution in [0.3, 0.4) is 0 Å². The minimum Gasteiger partial charge on any atom is -0.483 e. The van der Waals surface area contributed by atoms with Gasteiger partial charge >= 0.3 is 5.97 Å². The third-order valence-electron chi connectivity index (χ3n) is 4.02. The van der Waals surface area contributed by atoms with Gasteiger partial charge in [0, 0.05) is 6.20 Å². The summed E-state index contributed by atoms with van der Waals surface area (Å²) < 4.78 is 6.97. The van der Waals surface area contributed by atoms with Crippen molar-refractivity contribution in [1.82, 2.24) is 9.78 Å². The third kappa shape index (κ3) is 4.41. The van der Waals surface area contributed by atoms with Crippen LogP contribution in [0.15, 0.2) is 36.7 Å². The zero-order valence-electron chi connectivity index (χ0n) is 15.7. The first kappa shape index (κ1) is 19.5. The maximum Gasteiger partial charge on any atom is 0.331 e. The molecule has 26 heavy (non-hydrogen) atoms. The van der Waals surface area contributed by atoms with Gasteiger partial charge in [0.15, 0.2) is 12.1 Å². The number of benzene rings is 1. The molecule has 0 unspecified atom stereocenters. The van der Waals surface area contributed by atoms with Crippen molar-refractivity contribution in [3.63, 3.8) is 0 Å². The van der Waals surface area contributed by atoms with E-state index in [1.807, 2.05) is 24.3 Å². The largest absolute Gasteiger partial charge is 0.483 e. The highest BCUT2D eigenvalue weighted by atomic mass is 16.5. The number of nitrogens with one attached hydrogen (secondary N) is 1. The molecule has 2 N–H and O–H groups in total. The third-order valence-corrected chi connectivity index (χ3v) is 4.02. The summed E-state index contributed by atoms with van der Waals surface area (Å²) in [5.41, 5.74) is 0.128. The van der Waals surface area contributed by atoms with Gasteiger partial charge in [-0.1, -0.05) is 39.0 Å². The first-order valence-corrected chi connectivity index (χ1v) is 8.32. The molecular weight excluding hydrogens is 334 g/mol. The standard InChI is InChI=1S/C19H25N3O4/c1-18(2,3)14-8-6-7-9-15(14)26-12-16(23)21-13-10-20-22(11-13)19(4,5)17(24)25/h6-11H,12H2,1-5H3,(H,21,23)(H,24,25). The number of rotatable bonds is 6. The lowest BCUT2D eigenvalue weighted by Gasteiger charge is -2.22. The fraction of sp³-hybridized carbons (Fsp3) is 0.421. The van der Waals surface area contributed by atoms with Crippen LogP contribution in [-0.4, -0.2) is 33.4 Å². The lowest BCUT2D eigenvalue weighted by atomic mass is 9.86. The highest BCUT2D eigenvalue weighted by Gasteiger charge is 2.30. The van der Waals surface area contributed by atoms with Crippen LogP contribution in [0.5, 0.6) is 5.75 Å². The number of aliphatic carboxylic acids is 1. The summed E-state index contributed by atoms with van der Waals surface area (Å²) in [5.74, 6) is -0.695. The van der Waals surface area contributed by atoms with E-state index < -0.39 is 11.5 Å². The second kappa shape index (κ2) is 7.19. The normalized spacial score (nSPS) is 11.9. The molecule has 2 aromatic rings. The first-order valence-electron chi connectivity index (χ1n) is 8.32. The quantitative estimate of drug-likeness (QED) is 0.827. The molecule has 7 heteroatoms. The Hall–Kier alpha value is -2.83. The van der Waals surface area contributed by atoms with E-state index in [-0.39, 0.29) is 17.9 Å². The predicted octanol–water partition coefficient (Wildman–Crippen LogP) is 3.02. The Morgan fingerprint density at radius 1 is 1.19 bits per heavy atom. The van der Waals surface area contributed by atoms with Gasteiger partial charge in [0.25, 0.3) is 5.91 Å². The van der Waals surface area contributed by atoms with Crippen LogP contribution >= 0.6 is 0 Å². The number of carbonyl (C=O) groups is 2. The molecule has 0 aliphatic carbocycles. The number of nitrogens with zero attached hydrogens (tertiary/aromatic N) is 2.